The second-order valence-electron chi connectivity index (χ2n) is 3.48. The topological polar surface area (TPSA) is 73.1 Å². The van der Waals surface area contributed by atoms with Crippen molar-refractivity contribution in [3.8, 4) is 0 Å². The molecule has 1 amide bonds. The summed E-state index contributed by atoms with van der Waals surface area (Å²) in [5.74, 6) is -0.890. The summed E-state index contributed by atoms with van der Waals surface area (Å²) in [6.07, 6.45) is 2.76. The molecule has 1 aromatic carbocycles. The molecule has 2 rings (SSSR count). The second-order valence-corrected chi connectivity index (χ2v) is 3.48. The Morgan fingerprint density at radius 2 is 1.71 bits per heavy atom. The molecule has 0 saturated carbocycles. The van der Waals surface area contributed by atoms with Gasteiger partial charge in [-0.1, -0.05) is 30.3 Å². The van der Waals surface area contributed by atoms with Crippen molar-refractivity contribution in [3.05, 3.63) is 65.5 Å². The van der Waals surface area contributed by atoms with Crippen molar-refractivity contribution >= 4 is 11.7 Å². The van der Waals surface area contributed by atoms with Gasteiger partial charge >= 0.3 is 0 Å². The summed E-state index contributed by atoms with van der Waals surface area (Å²) in [5.41, 5.74) is 6.13. The molecule has 84 valence electrons. The van der Waals surface area contributed by atoms with Crippen LogP contribution in [0.5, 0.6) is 0 Å². The molecule has 0 fully saturated rings. The third-order valence-electron chi connectivity index (χ3n) is 2.37. The van der Waals surface area contributed by atoms with Crippen molar-refractivity contribution in [2.45, 2.75) is 0 Å². The summed E-state index contributed by atoms with van der Waals surface area (Å²) in [6.45, 7) is 0. The molecule has 1 aromatic heterocycles. The number of benzene rings is 1. The van der Waals surface area contributed by atoms with Crippen molar-refractivity contribution in [1.82, 2.24) is 4.98 Å². The Morgan fingerprint density at radius 1 is 1.00 bits per heavy atom. The fraction of sp³-hybridized carbons (Fsp3) is 0. The van der Waals surface area contributed by atoms with E-state index in [0.717, 1.165) is 0 Å². The van der Waals surface area contributed by atoms with Crippen LogP contribution in [0.2, 0.25) is 0 Å². The van der Waals surface area contributed by atoms with E-state index in [-0.39, 0.29) is 16.9 Å². The lowest BCUT2D eigenvalue weighted by Crippen LogP contribution is -2.17. The standard InChI is InChI=1S/C13H10N2O2/c14-13(17)11-8-15-7-6-10(11)12(16)9-4-2-1-3-5-9/h1-8H,(H2,14,17). The number of primary amides is 1. The summed E-state index contributed by atoms with van der Waals surface area (Å²) >= 11 is 0. The summed E-state index contributed by atoms with van der Waals surface area (Å²) in [4.78, 5) is 27.1. The highest BCUT2D eigenvalue weighted by Crippen LogP contribution is 2.12. The van der Waals surface area contributed by atoms with Crippen LogP contribution in [0.1, 0.15) is 26.3 Å². The van der Waals surface area contributed by atoms with E-state index >= 15 is 0 Å². The van der Waals surface area contributed by atoms with E-state index in [1.807, 2.05) is 6.07 Å². The van der Waals surface area contributed by atoms with Gasteiger partial charge in [-0.15, -0.1) is 0 Å². The number of carbonyl (C=O) groups is 2. The minimum atomic E-state index is -0.655. The van der Waals surface area contributed by atoms with Crippen LogP contribution in [0, 0.1) is 0 Å². The first-order valence-electron chi connectivity index (χ1n) is 5.03. The van der Waals surface area contributed by atoms with Gasteiger partial charge in [0.2, 0.25) is 0 Å². The number of nitrogens with two attached hydrogens (primary N) is 1. The van der Waals surface area contributed by atoms with Gasteiger partial charge in [-0.2, -0.15) is 0 Å². The normalized spacial score (nSPS) is 9.88. The van der Waals surface area contributed by atoms with Crippen molar-refractivity contribution in [3.63, 3.8) is 0 Å². The first-order chi connectivity index (χ1) is 8.20. The van der Waals surface area contributed by atoms with E-state index in [1.54, 1.807) is 24.3 Å². The maximum atomic E-state index is 12.1. The molecule has 0 aliphatic rings. The molecule has 1 heterocycles. The van der Waals surface area contributed by atoms with Crippen LogP contribution in [0.4, 0.5) is 0 Å². The van der Waals surface area contributed by atoms with Crippen LogP contribution in [0.3, 0.4) is 0 Å². The summed E-state index contributed by atoms with van der Waals surface area (Å²) < 4.78 is 0. The highest BCUT2D eigenvalue weighted by molar-refractivity contribution is 6.14. The van der Waals surface area contributed by atoms with Crippen molar-refractivity contribution in [2.75, 3.05) is 0 Å². The molecule has 0 atom stereocenters. The van der Waals surface area contributed by atoms with E-state index in [1.165, 1.54) is 18.5 Å². The molecule has 4 heteroatoms. The lowest BCUT2D eigenvalue weighted by Gasteiger charge is -2.04. The molecule has 0 aliphatic heterocycles. The van der Waals surface area contributed by atoms with Gasteiger partial charge in [0.1, 0.15) is 0 Å². The molecule has 0 saturated heterocycles. The Morgan fingerprint density at radius 3 is 2.35 bits per heavy atom. The van der Waals surface area contributed by atoms with Crippen molar-refractivity contribution < 1.29 is 9.59 Å². The third-order valence-corrected chi connectivity index (χ3v) is 2.37. The Labute approximate surface area is 98.1 Å². The van der Waals surface area contributed by atoms with E-state index in [0.29, 0.717) is 5.56 Å². The average molecular weight is 226 g/mol. The average Bonchev–Trinajstić information content (AvgIpc) is 2.39. The molecule has 4 nitrogen and oxygen atoms in total. The van der Waals surface area contributed by atoms with Gasteiger partial charge in [-0.3, -0.25) is 14.6 Å². The Balaban J connectivity index is 2.48. The maximum Gasteiger partial charge on any atom is 0.251 e. The van der Waals surface area contributed by atoms with Gasteiger partial charge in [-0.25, -0.2) is 0 Å². The molecule has 2 aromatic rings. The van der Waals surface area contributed by atoms with E-state index in [2.05, 4.69) is 4.98 Å². The first kappa shape index (κ1) is 11.0. The van der Waals surface area contributed by atoms with Crippen LogP contribution in [0.25, 0.3) is 0 Å². The number of hydrogen-bond acceptors (Lipinski definition) is 3. The van der Waals surface area contributed by atoms with Crippen LogP contribution in [-0.2, 0) is 0 Å². The van der Waals surface area contributed by atoms with Crippen molar-refractivity contribution in [1.29, 1.82) is 0 Å². The second kappa shape index (κ2) is 4.57. The fourth-order valence-corrected chi connectivity index (χ4v) is 1.53. The number of aromatic nitrogens is 1. The first-order valence-corrected chi connectivity index (χ1v) is 5.03. The zero-order chi connectivity index (χ0) is 12.3. The molecule has 17 heavy (non-hydrogen) atoms. The van der Waals surface area contributed by atoms with Crippen LogP contribution in [0.15, 0.2) is 48.8 Å². The number of hydrogen-bond donors (Lipinski definition) is 1. The molecule has 0 spiro atoms. The number of nitrogens with zero attached hydrogens (tertiary/aromatic N) is 1. The lowest BCUT2D eigenvalue weighted by atomic mass is 10.00. The summed E-state index contributed by atoms with van der Waals surface area (Å²) in [6, 6.07) is 10.2. The van der Waals surface area contributed by atoms with Gasteiger partial charge in [-0.05, 0) is 6.07 Å². The molecular weight excluding hydrogens is 216 g/mol. The maximum absolute atomic E-state index is 12.1. The number of rotatable bonds is 3. The number of ketones is 1. The third kappa shape index (κ3) is 2.20. The molecular formula is C13H10N2O2. The molecule has 0 bridgehead atoms. The van der Waals surface area contributed by atoms with Crippen LogP contribution in [-0.4, -0.2) is 16.7 Å². The number of pyridine rings is 1. The SMILES string of the molecule is NC(=O)c1cnccc1C(=O)c1ccccc1. The molecule has 0 unspecified atom stereocenters. The lowest BCUT2D eigenvalue weighted by molar-refractivity contribution is 0.0980. The number of amides is 1. The molecule has 2 N–H and O–H groups in total. The Kier molecular flexibility index (Phi) is 2.96. The largest absolute Gasteiger partial charge is 0.366 e. The predicted molar refractivity (Wildman–Crippen MR) is 62.6 cm³/mol. The van der Waals surface area contributed by atoms with Crippen LogP contribution < -0.4 is 5.73 Å². The van der Waals surface area contributed by atoms with Gasteiger partial charge < -0.3 is 5.73 Å². The van der Waals surface area contributed by atoms with E-state index < -0.39 is 5.91 Å². The quantitative estimate of drug-likeness (QED) is 0.804. The Hall–Kier alpha value is -2.49. The smallest absolute Gasteiger partial charge is 0.251 e. The zero-order valence-corrected chi connectivity index (χ0v) is 8.96. The minimum Gasteiger partial charge on any atom is -0.366 e. The Bertz CT molecular complexity index is 565. The minimum absolute atomic E-state index is 0.140. The summed E-state index contributed by atoms with van der Waals surface area (Å²) in [7, 11) is 0. The van der Waals surface area contributed by atoms with Gasteiger partial charge in [0.25, 0.3) is 5.91 Å². The van der Waals surface area contributed by atoms with Crippen LogP contribution >= 0.6 is 0 Å². The highest BCUT2D eigenvalue weighted by atomic mass is 16.1. The zero-order valence-electron chi connectivity index (χ0n) is 8.96. The monoisotopic (exact) mass is 226 g/mol. The van der Waals surface area contributed by atoms with E-state index in [4.69, 9.17) is 5.73 Å². The van der Waals surface area contributed by atoms with Gasteiger partial charge in [0, 0.05) is 23.5 Å². The van der Waals surface area contributed by atoms with Gasteiger partial charge in [0.05, 0.1) is 5.56 Å². The van der Waals surface area contributed by atoms with Gasteiger partial charge in [0.15, 0.2) is 5.78 Å². The highest BCUT2D eigenvalue weighted by Gasteiger charge is 2.16. The molecule has 0 aliphatic carbocycles. The summed E-state index contributed by atoms with van der Waals surface area (Å²) in [5, 5.41) is 0. The number of carbonyl (C=O) groups excluding carboxylic acids is 2. The predicted octanol–water partition coefficient (Wildman–Crippen LogP) is 1.41. The van der Waals surface area contributed by atoms with Crippen molar-refractivity contribution in [2.24, 2.45) is 5.73 Å². The fourth-order valence-electron chi connectivity index (χ4n) is 1.53. The molecule has 0 radical (unpaired) electrons. The van der Waals surface area contributed by atoms with E-state index in [9.17, 15) is 9.59 Å².